The molecule has 1 aliphatic rings. The van der Waals surface area contributed by atoms with Crippen LogP contribution in [0.5, 0.6) is 0 Å². The van der Waals surface area contributed by atoms with E-state index in [2.05, 4.69) is 5.32 Å². The molecule has 1 aliphatic carbocycles. The van der Waals surface area contributed by atoms with Crippen molar-refractivity contribution in [3.05, 3.63) is 35.4 Å². The number of carbonyl (C=O) groups excluding carboxylic acids is 1. The van der Waals surface area contributed by atoms with E-state index in [9.17, 15) is 4.79 Å². The van der Waals surface area contributed by atoms with Gasteiger partial charge >= 0.3 is 0 Å². The summed E-state index contributed by atoms with van der Waals surface area (Å²) in [4.78, 5) is 12.2. The third-order valence-electron chi connectivity index (χ3n) is 3.57. The molecule has 0 radical (unpaired) electrons. The lowest BCUT2D eigenvalue weighted by molar-refractivity contribution is 0.0944. The van der Waals surface area contributed by atoms with E-state index in [1.807, 2.05) is 38.1 Å². The average Bonchev–Trinajstić information content (AvgIpc) is 2.82. The van der Waals surface area contributed by atoms with Crippen LogP contribution in [-0.4, -0.2) is 17.9 Å². The van der Waals surface area contributed by atoms with E-state index < -0.39 is 0 Å². The van der Waals surface area contributed by atoms with Crippen molar-refractivity contribution in [1.29, 1.82) is 0 Å². The standard InChI is InChI=1S/C15H21NO/c1-11-7-9-13(10-8-11)15(17)12(2)16-14-5-3-4-6-14/h7-10,12,14,16H,3-6H2,1-2H3. The molecule has 0 spiro atoms. The van der Waals surface area contributed by atoms with Crippen molar-refractivity contribution < 1.29 is 4.79 Å². The number of Topliss-reactive ketones (excluding diaryl/α,β-unsaturated/α-hetero) is 1. The molecule has 0 bridgehead atoms. The highest BCUT2D eigenvalue weighted by molar-refractivity contribution is 5.99. The zero-order valence-electron chi connectivity index (χ0n) is 10.7. The van der Waals surface area contributed by atoms with Gasteiger partial charge in [0, 0.05) is 11.6 Å². The zero-order valence-corrected chi connectivity index (χ0v) is 10.7. The Morgan fingerprint density at radius 3 is 2.41 bits per heavy atom. The van der Waals surface area contributed by atoms with E-state index in [0.29, 0.717) is 6.04 Å². The number of aryl methyl sites for hydroxylation is 1. The number of hydrogen-bond donors (Lipinski definition) is 1. The minimum Gasteiger partial charge on any atom is -0.305 e. The summed E-state index contributed by atoms with van der Waals surface area (Å²) in [6, 6.07) is 8.31. The van der Waals surface area contributed by atoms with Gasteiger partial charge < -0.3 is 5.32 Å². The molecule has 1 unspecified atom stereocenters. The molecule has 0 aromatic heterocycles. The Hall–Kier alpha value is -1.15. The summed E-state index contributed by atoms with van der Waals surface area (Å²) in [6.07, 6.45) is 5.02. The van der Waals surface area contributed by atoms with Crippen LogP contribution in [0.25, 0.3) is 0 Å². The first-order chi connectivity index (χ1) is 8.16. The van der Waals surface area contributed by atoms with Crippen LogP contribution < -0.4 is 5.32 Å². The number of hydrogen-bond acceptors (Lipinski definition) is 2. The SMILES string of the molecule is Cc1ccc(C(=O)C(C)NC2CCCC2)cc1. The monoisotopic (exact) mass is 231 g/mol. The molecule has 1 aromatic carbocycles. The second kappa shape index (κ2) is 5.46. The molecule has 1 N–H and O–H groups in total. The van der Waals surface area contributed by atoms with Gasteiger partial charge in [-0.2, -0.15) is 0 Å². The quantitative estimate of drug-likeness (QED) is 0.807. The Morgan fingerprint density at radius 1 is 1.24 bits per heavy atom. The molecule has 1 atom stereocenters. The predicted octanol–water partition coefficient (Wildman–Crippen LogP) is 3.10. The van der Waals surface area contributed by atoms with Crippen molar-refractivity contribution >= 4 is 5.78 Å². The minimum absolute atomic E-state index is 0.0687. The van der Waals surface area contributed by atoms with E-state index in [0.717, 1.165) is 5.56 Å². The lowest BCUT2D eigenvalue weighted by Gasteiger charge is -2.18. The second-order valence-electron chi connectivity index (χ2n) is 5.10. The highest BCUT2D eigenvalue weighted by Crippen LogP contribution is 2.18. The number of rotatable bonds is 4. The average molecular weight is 231 g/mol. The van der Waals surface area contributed by atoms with Crippen molar-refractivity contribution in [1.82, 2.24) is 5.32 Å². The van der Waals surface area contributed by atoms with Crippen LogP contribution in [0.1, 0.15) is 48.5 Å². The fourth-order valence-corrected chi connectivity index (χ4v) is 2.49. The van der Waals surface area contributed by atoms with Gasteiger partial charge in [0.05, 0.1) is 6.04 Å². The normalized spacial score (nSPS) is 18.2. The number of ketones is 1. The van der Waals surface area contributed by atoms with Crippen LogP contribution in [0.2, 0.25) is 0 Å². The molecular weight excluding hydrogens is 210 g/mol. The first-order valence-electron chi connectivity index (χ1n) is 6.54. The molecule has 0 amide bonds. The van der Waals surface area contributed by atoms with Crippen LogP contribution in [0.15, 0.2) is 24.3 Å². The van der Waals surface area contributed by atoms with Crippen LogP contribution in [0.3, 0.4) is 0 Å². The van der Waals surface area contributed by atoms with Crippen molar-refractivity contribution in [3.63, 3.8) is 0 Å². The van der Waals surface area contributed by atoms with E-state index >= 15 is 0 Å². The maximum Gasteiger partial charge on any atom is 0.179 e. The molecule has 1 saturated carbocycles. The first-order valence-corrected chi connectivity index (χ1v) is 6.54. The Labute approximate surface area is 103 Å². The van der Waals surface area contributed by atoms with Gasteiger partial charge in [-0.3, -0.25) is 4.79 Å². The van der Waals surface area contributed by atoms with Crippen LogP contribution in [0.4, 0.5) is 0 Å². The van der Waals surface area contributed by atoms with Crippen molar-refractivity contribution in [2.75, 3.05) is 0 Å². The van der Waals surface area contributed by atoms with Crippen molar-refractivity contribution in [3.8, 4) is 0 Å². The smallest absolute Gasteiger partial charge is 0.179 e. The minimum atomic E-state index is -0.0687. The topological polar surface area (TPSA) is 29.1 Å². The van der Waals surface area contributed by atoms with E-state index in [4.69, 9.17) is 0 Å². The van der Waals surface area contributed by atoms with E-state index in [1.165, 1.54) is 31.2 Å². The van der Waals surface area contributed by atoms with Crippen LogP contribution in [0, 0.1) is 6.92 Å². The summed E-state index contributed by atoms with van der Waals surface area (Å²) in [6.45, 7) is 4.01. The second-order valence-corrected chi connectivity index (χ2v) is 5.10. The molecule has 0 saturated heterocycles. The van der Waals surface area contributed by atoms with Crippen molar-refractivity contribution in [2.45, 2.75) is 51.6 Å². The molecule has 0 aliphatic heterocycles. The Bertz CT molecular complexity index is 376. The predicted molar refractivity (Wildman–Crippen MR) is 70.4 cm³/mol. The molecule has 2 rings (SSSR count). The Morgan fingerprint density at radius 2 is 1.82 bits per heavy atom. The van der Waals surface area contributed by atoms with Gasteiger partial charge in [-0.15, -0.1) is 0 Å². The fraction of sp³-hybridized carbons (Fsp3) is 0.533. The zero-order chi connectivity index (χ0) is 12.3. The van der Waals surface area contributed by atoms with Gasteiger partial charge in [0.15, 0.2) is 5.78 Å². The van der Waals surface area contributed by atoms with Crippen molar-refractivity contribution in [2.24, 2.45) is 0 Å². The number of carbonyl (C=O) groups is 1. The molecule has 1 aromatic rings. The summed E-state index contributed by atoms with van der Waals surface area (Å²) in [5.41, 5.74) is 2.01. The maximum atomic E-state index is 12.2. The summed E-state index contributed by atoms with van der Waals surface area (Å²) >= 11 is 0. The lowest BCUT2D eigenvalue weighted by atomic mass is 10.0. The van der Waals surface area contributed by atoms with E-state index in [1.54, 1.807) is 0 Å². The third-order valence-corrected chi connectivity index (χ3v) is 3.57. The van der Waals surface area contributed by atoms with Gasteiger partial charge in [0.25, 0.3) is 0 Å². The molecule has 0 heterocycles. The fourth-order valence-electron chi connectivity index (χ4n) is 2.49. The number of nitrogens with one attached hydrogen (secondary N) is 1. The Balaban J connectivity index is 1.96. The summed E-state index contributed by atoms with van der Waals surface area (Å²) in [5, 5.41) is 3.44. The van der Waals surface area contributed by atoms with Crippen LogP contribution >= 0.6 is 0 Å². The summed E-state index contributed by atoms with van der Waals surface area (Å²) < 4.78 is 0. The van der Waals surface area contributed by atoms with E-state index in [-0.39, 0.29) is 11.8 Å². The van der Waals surface area contributed by atoms with Gasteiger partial charge in [0.2, 0.25) is 0 Å². The molecular formula is C15H21NO. The molecule has 2 nitrogen and oxygen atoms in total. The summed E-state index contributed by atoms with van der Waals surface area (Å²) in [7, 11) is 0. The van der Waals surface area contributed by atoms with Gasteiger partial charge in [-0.1, -0.05) is 42.7 Å². The summed E-state index contributed by atoms with van der Waals surface area (Å²) in [5.74, 6) is 0.205. The number of benzene rings is 1. The van der Waals surface area contributed by atoms with Crippen LogP contribution in [-0.2, 0) is 0 Å². The van der Waals surface area contributed by atoms with Gasteiger partial charge in [-0.25, -0.2) is 0 Å². The Kier molecular flexibility index (Phi) is 3.95. The molecule has 2 heteroatoms. The molecule has 17 heavy (non-hydrogen) atoms. The van der Waals surface area contributed by atoms with Gasteiger partial charge in [-0.05, 0) is 26.7 Å². The third kappa shape index (κ3) is 3.16. The van der Waals surface area contributed by atoms with Gasteiger partial charge in [0.1, 0.15) is 0 Å². The molecule has 1 fully saturated rings. The highest BCUT2D eigenvalue weighted by Gasteiger charge is 2.21. The molecule has 92 valence electrons. The maximum absolute atomic E-state index is 12.2. The highest BCUT2D eigenvalue weighted by atomic mass is 16.1. The first kappa shape index (κ1) is 12.3. The largest absolute Gasteiger partial charge is 0.305 e. The lowest BCUT2D eigenvalue weighted by Crippen LogP contribution is -2.40.